The first-order valence-electron chi connectivity index (χ1n) is 8.13. The number of carbonyl (C=O) groups excluding carboxylic acids is 1. The minimum Gasteiger partial charge on any atom is -0.325 e. The van der Waals surface area contributed by atoms with Crippen LogP contribution in [0, 0.1) is 17.0 Å². The van der Waals surface area contributed by atoms with Crippen LogP contribution in [0.4, 0.5) is 11.4 Å². The van der Waals surface area contributed by atoms with E-state index in [1.54, 1.807) is 17.4 Å². The smallest absolute Gasteiger partial charge is 0.271 e. The van der Waals surface area contributed by atoms with E-state index in [0.717, 1.165) is 11.4 Å². The summed E-state index contributed by atoms with van der Waals surface area (Å²) in [6.45, 7) is 4.72. The Balaban J connectivity index is 1.66. The van der Waals surface area contributed by atoms with Gasteiger partial charge in [0.25, 0.3) is 5.69 Å². The van der Waals surface area contributed by atoms with Gasteiger partial charge in [0.1, 0.15) is 0 Å². The molecule has 10 heteroatoms. The van der Waals surface area contributed by atoms with E-state index in [2.05, 4.69) is 21.6 Å². The maximum absolute atomic E-state index is 12.2. The average molecular weight is 403 g/mol. The fourth-order valence-corrected chi connectivity index (χ4v) is 3.96. The van der Waals surface area contributed by atoms with Crippen LogP contribution in [-0.4, -0.2) is 31.3 Å². The molecule has 1 amide bonds. The van der Waals surface area contributed by atoms with Crippen molar-refractivity contribution < 1.29 is 9.72 Å². The number of hydrogen-bond acceptors (Lipinski definition) is 7. The van der Waals surface area contributed by atoms with Crippen LogP contribution in [0.2, 0.25) is 0 Å². The summed E-state index contributed by atoms with van der Waals surface area (Å²) in [4.78, 5) is 23.7. The number of aryl methyl sites for hydroxylation is 1. The molecule has 27 heavy (non-hydrogen) atoms. The number of carbonyl (C=O) groups is 1. The quantitative estimate of drug-likeness (QED) is 0.364. The maximum atomic E-state index is 12.2. The number of aromatic nitrogens is 3. The molecule has 2 aromatic heterocycles. The molecule has 0 aliphatic carbocycles. The Morgan fingerprint density at radius 2 is 2.19 bits per heavy atom. The van der Waals surface area contributed by atoms with Crippen LogP contribution in [0.15, 0.2) is 40.9 Å². The highest BCUT2D eigenvalue weighted by Gasteiger charge is 2.16. The van der Waals surface area contributed by atoms with Crippen molar-refractivity contribution in [3.8, 4) is 11.4 Å². The molecule has 0 radical (unpaired) electrons. The Labute approximate surface area is 163 Å². The van der Waals surface area contributed by atoms with E-state index >= 15 is 0 Å². The predicted octanol–water partition coefficient (Wildman–Crippen LogP) is 3.97. The Kier molecular flexibility index (Phi) is 5.87. The zero-order valence-electron chi connectivity index (χ0n) is 14.7. The summed E-state index contributed by atoms with van der Waals surface area (Å²) < 4.78 is 1.97. The van der Waals surface area contributed by atoms with E-state index in [0.29, 0.717) is 17.4 Å². The van der Waals surface area contributed by atoms with E-state index in [9.17, 15) is 14.9 Å². The largest absolute Gasteiger partial charge is 0.325 e. The van der Waals surface area contributed by atoms with Gasteiger partial charge in [-0.3, -0.25) is 14.9 Å². The molecule has 1 aromatic carbocycles. The van der Waals surface area contributed by atoms with E-state index in [1.165, 1.54) is 34.8 Å². The second kappa shape index (κ2) is 8.31. The van der Waals surface area contributed by atoms with Gasteiger partial charge in [-0.15, -0.1) is 21.5 Å². The molecular formula is C17H17N5O3S2. The molecule has 8 nitrogen and oxygen atoms in total. The third kappa shape index (κ3) is 4.52. The van der Waals surface area contributed by atoms with Crippen LogP contribution in [0.1, 0.15) is 11.8 Å². The van der Waals surface area contributed by atoms with Crippen molar-refractivity contribution in [3.63, 3.8) is 0 Å². The van der Waals surface area contributed by atoms with E-state index < -0.39 is 4.92 Å². The van der Waals surface area contributed by atoms with E-state index in [-0.39, 0.29) is 17.3 Å². The number of nitro groups is 1. The monoisotopic (exact) mass is 403 g/mol. The normalized spacial score (nSPS) is 10.7. The molecule has 0 unspecified atom stereocenters. The van der Waals surface area contributed by atoms with Gasteiger partial charge >= 0.3 is 0 Å². The topological polar surface area (TPSA) is 103 Å². The van der Waals surface area contributed by atoms with Crippen molar-refractivity contribution >= 4 is 40.4 Å². The van der Waals surface area contributed by atoms with Gasteiger partial charge in [0, 0.05) is 40.2 Å². The molecule has 0 saturated carbocycles. The number of rotatable bonds is 7. The lowest BCUT2D eigenvalue weighted by Gasteiger charge is -2.07. The molecule has 3 aromatic rings. The second-order valence-corrected chi connectivity index (χ2v) is 7.70. The summed E-state index contributed by atoms with van der Waals surface area (Å²) in [5.74, 6) is 0.645. The summed E-state index contributed by atoms with van der Waals surface area (Å²) in [6, 6.07) is 7.91. The summed E-state index contributed by atoms with van der Waals surface area (Å²) in [5, 5.41) is 24.6. The van der Waals surface area contributed by atoms with Gasteiger partial charge < -0.3 is 9.88 Å². The number of anilines is 1. The number of nitro benzene ring substituents is 1. The van der Waals surface area contributed by atoms with Gasteiger partial charge in [0.05, 0.1) is 10.7 Å². The fourth-order valence-electron chi connectivity index (χ4n) is 2.48. The van der Waals surface area contributed by atoms with Crippen LogP contribution < -0.4 is 5.32 Å². The number of nitrogens with one attached hydrogen (secondary N) is 1. The number of non-ortho nitro benzene ring substituents is 1. The molecule has 0 spiro atoms. The van der Waals surface area contributed by atoms with Gasteiger partial charge in [-0.2, -0.15) is 0 Å². The van der Waals surface area contributed by atoms with Crippen LogP contribution in [0.3, 0.4) is 0 Å². The summed E-state index contributed by atoms with van der Waals surface area (Å²) >= 11 is 2.93. The zero-order chi connectivity index (χ0) is 19.4. The number of thiophene rings is 1. The van der Waals surface area contributed by atoms with Gasteiger partial charge in [-0.1, -0.05) is 17.8 Å². The van der Waals surface area contributed by atoms with Gasteiger partial charge in [-0.05, 0) is 26.0 Å². The first-order chi connectivity index (χ1) is 13.0. The maximum Gasteiger partial charge on any atom is 0.271 e. The highest BCUT2D eigenvalue weighted by molar-refractivity contribution is 7.99. The minimum absolute atomic E-state index is 0.0677. The van der Waals surface area contributed by atoms with E-state index in [4.69, 9.17) is 0 Å². The van der Waals surface area contributed by atoms with Gasteiger partial charge in [-0.25, -0.2) is 0 Å². The zero-order valence-corrected chi connectivity index (χ0v) is 16.3. The summed E-state index contributed by atoms with van der Waals surface area (Å²) in [5.41, 5.74) is 1.34. The molecule has 3 rings (SSSR count). The molecule has 0 fully saturated rings. The lowest BCUT2D eigenvalue weighted by atomic mass is 10.3. The van der Waals surface area contributed by atoms with Crippen molar-refractivity contribution in [1.29, 1.82) is 0 Å². The molecule has 0 saturated heterocycles. The SMILES string of the molecule is CCn1c(SCC(=O)Nc2cccc([N+](=O)[O-])c2)nnc1-c1csc(C)c1. The van der Waals surface area contributed by atoms with Crippen LogP contribution in [0.5, 0.6) is 0 Å². The molecule has 2 heterocycles. The first-order valence-corrected chi connectivity index (χ1v) is 10.00. The van der Waals surface area contributed by atoms with Gasteiger partial charge in [0.2, 0.25) is 5.91 Å². The third-order valence-corrected chi connectivity index (χ3v) is 5.52. The molecule has 0 aliphatic rings. The van der Waals surface area contributed by atoms with Crippen LogP contribution in [-0.2, 0) is 11.3 Å². The predicted molar refractivity (Wildman–Crippen MR) is 106 cm³/mol. The van der Waals surface area contributed by atoms with Crippen molar-refractivity contribution in [1.82, 2.24) is 14.8 Å². The van der Waals surface area contributed by atoms with Crippen molar-refractivity contribution in [2.24, 2.45) is 0 Å². The number of hydrogen-bond donors (Lipinski definition) is 1. The average Bonchev–Trinajstić information content (AvgIpc) is 3.25. The number of thioether (sulfide) groups is 1. The standard InChI is InChI=1S/C17H17N5O3S2/c1-3-21-16(12-7-11(2)26-9-12)19-20-17(21)27-10-15(23)18-13-5-4-6-14(8-13)22(24)25/h4-9H,3,10H2,1-2H3,(H,18,23). The second-order valence-electron chi connectivity index (χ2n) is 5.64. The Morgan fingerprint density at radius 3 is 2.85 bits per heavy atom. The molecule has 0 aliphatic heterocycles. The van der Waals surface area contributed by atoms with E-state index in [1.807, 2.05) is 23.8 Å². The molecular weight excluding hydrogens is 386 g/mol. The molecule has 140 valence electrons. The lowest BCUT2D eigenvalue weighted by Crippen LogP contribution is -2.14. The number of nitrogens with zero attached hydrogens (tertiary/aromatic N) is 4. The Hall–Kier alpha value is -2.72. The molecule has 1 N–H and O–H groups in total. The Morgan fingerprint density at radius 1 is 1.37 bits per heavy atom. The van der Waals surface area contributed by atoms with Crippen molar-refractivity contribution in [3.05, 3.63) is 50.7 Å². The molecule has 0 atom stereocenters. The lowest BCUT2D eigenvalue weighted by molar-refractivity contribution is -0.384. The summed E-state index contributed by atoms with van der Waals surface area (Å²) in [7, 11) is 0. The summed E-state index contributed by atoms with van der Waals surface area (Å²) in [6.07, 6.45) is 0. The Bertz CT molecular complexity index is 983. The fraction of sp³-hybridized carbons (Fsp3) is 0.235. The minimum atomic E-state index is -0.498. The number of amides is 1. The molecule has 0 bridgehead atoms. The number of benzene rings is 1. The van der Waals surface area contributed by atoms with Crippen LogP contribution >= 0.6 is 23.1 Å². The van der Waals surface area contributed by atoms with Crippen LogP contribution in [0.25, 0.3) is 11.4 Å². The van der Waals surface area contributed by atoms with Gasteiger partial charge in [0.15, 0.2) is 11.0 Å². The highest BCUT2D eigenvalue weighted by atomic mass is 32.2. The highest BCUT2D eigenvalue weighted by Crippen LogP contribution is 2.27. The first kappa shape index (κ1) is 19.1. The van der Waals surface area contributed by atoms with Crippen molar-refractivity contribution in [2.45, 2.75) is 25.5 Å². The third-order valence-electron chi connectivity index (χ3n) is 3.69. The van der Waals surface area contributed by atoms with Crippen molar-refractivity contribution in [2.75, 3.05) is 11.1 Å².